The quantitative estimate of drug-likeness (QED) is 0.800. The average Bonchev–Trinajstić information content (AvgIpc) is 3.10. The van der Waals surface area contributed by atoms with E-state index in [4.69, 9.17) is 11.6 Å². The van der Waals surface area contributed by atoms with Gasteiger partial charge < -0.3 is 9.88 Å². The van der Waals surface area contributed by atoms with Crippen LogP contribution in [0.2, 0.25) is 5.02 Å². The molecule has 0 bridgehead atoms. The first-order valence-electron chi connectivity index (χ1n) is 6.11. The molecule has 0 aliphatic carbocycles. The number of nitrogens with zero attached hydrogens (tertiary/aromatic N) is 5. The van der Waals surface area contributed by atoms with Crippen molar-refractivity contribution in [3.8, 4) is 5.69 Å². The second-order valence-electron chi connectivity index (χ2n) is 4.38. The van der Waals surface area contributed by atoms with E-state index in [1.807, 2.05) is 37.5 Å². The molecule has 0 aliphatic heterocycles. The van der Waals surface area contributed by atoms with Crippen LogP contribution in [0.5, 0.6) is 0 Å². The summed E-state index contributed by atoms with van der Waals surface area (Å²) >= 11 is 6.21. The molecule has 7 heteroatoms. The molecule has 3 aromatic rings. The van der Waals surface area contributed by atoms with Gasteiger partial charge in [-0.3, -0.25) is 0 Å². The molecule has 0 fully saturated rings. The lowest BCUT2D eigenvalue weighted by atomic mass is 10.2. The van der Waals surface area contributed by atoms with Crippen molar-refractivity contribution < 1.29 is 0 Å². The first-order chi connectivity index (χ1) is 9.74. The highest BCUT2D eigenvalue weighted by atomic mass is 35.5. The number of rotatable bonds is 4. The van der Waals surface area contributed by atoms with Gasteiger partial charge in [-0.15, -0.1) is 5.10 Å². The molecule has 0 radical (unpaired) electrons. The van der Waals surface area contributed by atoms with Crippen molar-refractivity contribution in [1.82, 2.24) is 24.8 Å². The molecule has 0 amide bonds. The highest BCUT2D eigenvalue weighted by molar-refractivity contribution is 6.33. The number of hydrogen-bond acceptors (Lipinski definition) is 4. The van der Waals surface area contributed by atoms with Crippen molar-refractivity contribution in [1.29, 1.82) is 0 Å². The Hall–Kier alpha value is -2.34. The highest BCUT2D eigenvalue weighted by Crippen LogP contribution is 2.25. The van der Waals surface area contributed by atoms with Crippen molar-refractivity contribution in [2.45, 2.75) is 6.54 Å². The number of halogens is 1. The van der Waals surface area contributed by atoms with Gasteiger partial charge in [0.05, 0.1) is 22.9 Å². The van der Waals surface area contributed by atoms with Crippen LogP contribution in [0.25, 0.3) is 5.69 Å². The summed E-state index contributed by atoms with van der Waals surface area (Å²) in [4.78, 5) is 0. The second kappa shape index (κ2) is 5.34. The van der Waals surface area contributed by atoms with Crippen molar-refractivity contribution in [2.24, 2.45) is 7.05 Å². The summed E-state index contributed by atoms with van der Waals surface area (Å²) in [5, 5.41) is 15.1. The summed E-state index contributed by atoms with van der Waals surface area (Å²) in [5.74, 6) is 0. The van der Waals surface area contributed by atoms with Gasteiger partial charge in [0.15, 0.2) is 0 Å². The minimum atomic E-state index is 0.663. The van der Waals surface area contributed by atoms with Gasteiger partial charge in [-0.25, -0.2) is 4.68 Å². The summed E-state index contributed by atoms with van der Waals surface area (Å²) in [7, 11) is 2.01. The van der Waals surface area contributed by atoms with Gasteiger partial charge in [-0.05, 0) is 40.8 Å². The topological polar surface area (TPSA) is 60.6 Å². The summed E-state index contributed by atoms with van der Waals surface area (Å²) in [5.41, 5.74) is 2.88. The van der Waals surface area contributed by atoms with E-state index >= 15 is 0 Å². The van der Waals surface area contributed by atoms with Crippen LogP contribution >= 0.6 is 11.6 Å². The minimum Gasteiger partial charge on any atom is -0.378 e. The monoisotopic (exact) mass is 288 g/mol. The van der Waals surface area contributed by atoms with Crippen molar-refractivity contribution >= 4 is 17.3 Å². The summed E-state index contributed by atoms with van der Waals surface area (Å²) in [6, 6.07) is 9.68. The van der Waals surface area contributed by atoms with Crippen LogP contribution in [-0.4, -0.2) is 24.8 Å². The van der Waals surface area contributed by atoms with E-state index in [0.29, 0.717) is 11.6 Å². The SMILES string of the molecule is Cn1cccc1CNc1cc(-n2cnnn2)ccc1Cl. The van der Waals surface area contributed by atoms with Crippen LogP contribution in [0.15, 0.2) is 42.9 Å². The Morgan fingerprint density at radius 1 is 1.30 bits per heavy atom. The van der Waals surface area contributed by atoms with E-state index in [2.05, 4.69) is 31.5 Å². The Labute approximate surface area is 121 Å². The van der Waals surface area contributed by atoms with E-state index < -0.39 is 0 Å². The van der Waals surface area contributed by atoms with Crippen molar-refractivity contribution in [3.63, 3.8) is 0 Å². The van der Waals surface area contributed by atoms with Crippen molar-refractivity contribution in [2.75, 3.05) is 5.32 Å². The zero-order valence-electron chi connectivity index (χ0n) is 10.9. The summed E-state index contributed by atoms with van der Waals surface area (Å²) in [6.07, 6.45) is 3.56. The zero-order valence-corrected chi connectivity index (χ0v) is 11.6. The Morgan fingerprint density at radius 2 is 2.20 bits per heavy atom. The lowest BCUT2D eigenvalue weighted by Crippen LogP contribution is -2.05. The largest absolute Gasteiger partial charge is 0.378 e. The van der Waals surface area contributed by atoms with Gasteiger partial charge in [0.25, 0.3) is 0 Å². The minimum absolute atomic E-state index is 0.663. The number of anilines is 1. The smallest absolute Gasteiger partial charge is 0.143 e. The van der Waals surface area contributed by atoms with E-state index in [1.54, 1.807) is 11.0 Å². The third kappa shape index (κ3) is 2.50. The number of aromatic nitrogens is 5. The molecule has 1 N–H and O–H groups in total. The highest BCUT2D eigenvalue weighted by Gasteiger charge is 2.05. The average molecular weight is 289 g/mol. The van der Waals surface area contributed by atoms with Gasteiger partial charge in [-0.1, -0.05) is 11.6 Å². The number of nitrogens with one attached hydrogen (secondary N) is 1. The zero-order chi connectivity index (χ0) is 13.9. The molecule has 0 saturated heterocycles. The molecule has 2 aromatic heterocycles. The molecular weight excluding hydrogens is 276 g/mol. The predicted molar refractivity (Wildman–Crippen MR) is 76.9 cm³/mol. The lowest BCUT2D eigenvalue weighted by Gasteiger charge is -2.11. The molecule has 0 unspecified atom stereocenters. The molecule has 102 valence electrons. The first kappa shape index (κ1) is 12.7. The molecule has 0 atom stereocenters. The molecule has 0 aliphatic rings. The summed E-state index contributed by atoms with van der Waals surface area (Å²) < 4.78 is 3.65. The molecule has 20 heavy (non-hydrogen) atoms. The molecule has 0 saturated carbocycles. The van der Waals surface area contributed by atoms with Gasteiger partial charge >= 0.3 is 0 Å². The first-order valence-corrected chi connectivity index (χ1v) is 6.49. The maximum Gasteiger partial charge on any atom is 0.143 e. The normalized spacial score (nSPS) is 10.7. The number of aryl methyl sites for hydroxylation is 1. The third-order valence-electron chi connectivity index (χ3n) is 3.07. The Bertz CT molecular complexity index is 703. The Morgan fingerprint density at radius 3 is 2.90 bits per heavy atom. The van der Waals surface area contributed by atoms with E-state index in [1.165, 1.54) is 5.69 Å². The van der Waals surface area contributed by atoms with Crippen LogP contribution in [-0.2, 0) is 13.6 Å². The maximum atomic E-state index is 6.21. The van der Waals surface area contributed by atoms with Crippen LogP contribution in [0, 0.1) is 0 Å². The van der Waals surface area contributed by atoms with E-state index in [9.17, 15) is 0 Å². The molecular formula is C13H13ClN6. The summed E-state index contributed by atoms with van der Waals surface area (Å²) in [6.45, 7) is 0.697. The maximum absolute atomic E-state index is 6.21. The molecule has 1 aromatic carbocycles. The Balaban J connectivity index is 1.82. The van der Waals surface area contributed by atoms with Gasteiger partial charge in [0.1, 0.15) is 6.33 Å². The lowest BCUT2D eigenvalue weighted by molar-refractivity contribution is 0.789. The predicted octanol–water partition coefficient (Wildman–Crippen LogP) is 2.27. The van der Waals surface area contributed by atoms with Gasteiger partial charge in [0, 0.05) is 18.9 Å². The molecule has 6 nitrogen and oxygen atoms in total. The second-order valence-corrected chi connectivity index (χ2v) is 4.79. The van der Waals surface area contributed by atoms with Crippen LogP contribution in [0.1, 0.15) is 5.69 Å². The fourth-order valence-corrected chi connectivity index (χ4v) is 2.12. The Kier molecular flexibility index (Phi) is 3.39. The molecule has 2 heterocycles. The third-order valence-corrected chi connectivity index (χ3v) is 3.40. The van der Waals surface area contributed by atoms with Crippen LogP contribution in [0.4, 0.5) is 5.69 Å². The van der Waals surface area contributed by atoms with Gasteiger partial charge in [0.2, 0.25) is 0 Å². The molecule has 0 spiro atoms. The van der Waals surface area contributed by atoms with Crippen LogP contribution in [0.3, 0.4) is 0 Å². The fraction of sp³-hybridized carbons (Fsp3) is 0.154. The number of benzene rings is 1. The molecule has 3 rings (SSSR count). The van der Waals surface area contributed by atoms with E-state index in [0.717, 1.165) is 11.4 Å². The number of hydrogen-bond donors (Lipinski definition) is 1. The van der Waals surface area contributed by atoms with Crippen LogP contribution < -0.4 is 5.32 Å². The van der Waals surface area contributed by atoms with E-state index in [-0.39, 0.29) is 0 Å². The number of tetrazole rings is 1. The standard InChI is InChI=1S/C13H13ClN6/c1-19-6-2-3-11(19)8-15-13-7-10(4-5-12(13)14)20-9-16-17-18-20/h2-7,9,15H,8H2,1H3. The van der Waals surface area contributed by atoms with Gasteiger partial charge in [-0.2, -0.15) is 0 Å². The van der Waals surface area contributed by atoms with Crippen molar-refractivity contribution in [3.05, 3.63) is 53.6 Å². The fourth-order valence-electron chi connectivity index (χ4n) is 1.94.